The first-order chi connectivity index (χ1) is 8.52. The van der Waals surface area contributed by atoms with Crippen LogP contribution in [0.15, 0.2) is 12.1 Å². The maximum atomic E-state index is 13.3. The van der Waals surface area contributed by atoms with Gasteiger partial charge in [-0.3, -0.25) is 4.79 Å². The molecule has 0 aliphatic rings. The maximum absolute atomic E-state index is 13.3. The first kappa shape index (κ1) is 13.0. The molecule has 0 bridgehead atoms. The van der Waals surface area contributed by atoms with Gasteiger partial charge in [-0.2, -0.15) is 0 Å². The molecule has 7 heteroatoms. The lowest BCUT2D eigenvalue weighted by Gasteiger charge is -2.04. The molecule has 1 N–H and O–H groups in total. The van der Waals surface area contributed by atoms with Crippen molar-refractivity contribution >= 4 is 40.8 Å². The molecule has 0 aliphatic heterocycles. The van der Waals surface area contributed by atoms with E-state index in [1.807, 2.05) is 0 Å². The van der Waals surface area contributed by atoms with Crippen molar-refractivity contribution in [2.45, 2.75) is 13.5 Å². The van der Waals surface area contributed by atoms with E-state index in [0.717, 1.165) is 0 Å². The molecule has 1 aromatic carbocycles. The van der Waals surface area contributed by atoms with Crippen LogP contribution in [-0.4, -0.2) is 22.1 Å². The predicted molar refractivity (Wildman–Crippen MR) is 68.7 cm³/mol. The van der Waals surface area contributed by atoms with Crippen LogP contribution in [0.1, 0.15) is 6.92 Å². The number of nitrogens with one attached hydrogen (secondary N) is 1. The van der Waals surface area contributed by atoms with E-state index in [0.29, 0.717) is 22.4 Å². The van der Waals surface area contributed by atoms with Crippen molar-refractivity contribution in [3.63, 3.8) is 0 Å². The fraction of sp³-hybridized carbons (Fsp3) is 0.273. The molecule has 0 spiro atoms. The fourth-order valence-electron chi connectivity index (χ4n) is 1.64. The summed E-state index contributed by atoms with van der Waals surface area (Å²) in [5.74, 6) is -0.946. The van der Waals surface area contributed by atoms with Crippen molar-refractivity contribution in [3.8, 4) is 0 Å². The number of imidazole rings is 1. The van der Waals surface area contributed by atoms with Crippen molar-refractivity contribution in [3.05, 3.63) is 27.7 Å². The number of hydrogen-bond acceptors (Lipinski definition) is 3. The molecule has 0 fully saturated rings. The molecule has 0 saturated carbocycles. The highest BCUT2D eigenvalue weighted by Gasteiger charge is 2.12. The number of aromatic amines is 1. The van der Waals surface area contributed by atoms with Gasteiger partial charge >= 0.3 is 5.97 Å². The second-order valence-electron chi connectivity index (χ2n) is 3.60. The van der Waals surface area contributed by atoms with E-state index >= 15 is 0 Å². The van der Waals surface area contributed by atoms with Crippen LogP contribution in [0.5, 0.6) is 0 Å². The van der Waals surface area contributed by atoms with Crippen LogP contribution in [0, 0.1) is 10.6 Å². The van der Waals surface area contributed by atoms with E-state index in [-0.39, 0.29) is 11.6 Å². The molecule has 1 aromatic heterocycles. The number of fused-ring (bicyclic) bond motifs is 1. The third-order valence-electron chi connectivity index (χ3n) is 2.41. The number of carbonyl (C=O) groups excluding carboxylic acids is 1. The van der Waals surface area contributed by atoms with Crippen molar-refractivity contribution in [1.29, 1.82) is 0 Å². The molecule has 0 radical (unpaired) electrons. The number of carbonyl (C=O) groups is 1. The minimum absolute atomic E-state index is 0.0193. The van der Waals surface area contributed by atoms with Crippen LogP contribution >= 0.6 is 23.8 Å². The zero-order valence-electron chi connectivity index (χ0n) is 9.50. The van der Waals surface area contributed by atoms with Gasteiger partial charge in [-0.25, -0.2) is 4.39 Å². The summed E-state index contributed by atoms with van der Waals surface area (Å²) >= 11 is 10.8. The number of ether oxygens (including phenoxy) is 1. The average Bonchev–Trinajstić information content (AvgIpc) is 2.57. The highest BCUT2D eigenvalue weighted by molar-refractivity contribution is 7.71. The summed E-state index contributed by atoms with van der Waals surface area (Å²) in [6, 6.07) is 2.67. The second-order valence-corrected chi connectivity index (χ2v) is 4.40. The van der Waals surface area contributed by atoms with Gasteiger partial charge in [0.05, 0.1) is 22.7 Å². The lowest BCUT2D eigenvalue weighted by molar-refractivity contribution is -0.143. The summed E-state index contributed by atoms with van der Waals surface area (Å²) in [7, 11) is 0. The number of halogens is 2. The first-order valence-electron chi connectivity index (χ1n) is 5.26. The zero-order chi connectivity index (χ0) is 13.3. The monoisotopic (exact) mass is 288 g/mol. The Kier molecular flexibility index (Phi) is 3.68. The third-order valence-corrected chi connectivity index (χ3v) is 3.02. The van der Waals surface area contributed by atoms with Crippen molar-refractivity contribution in [2.24, 2.45) is 0 Å². The first-order valence-corrected chi connectivity index (χ1v) is 6.04. The third kappa shape index (κ3) is 2.39. The molecule has 2 aromatic rings. The van der Waals surface area contributed by atoms with Gasteiger partial charge in [0.25, 0.3) is 0 Å². The van der Waals surface area contributed by atoms with E-state index in [1.54, 1.807) is 6.92 Å². The molecule has 18 heavy (non-hydrogen) atoms. The Balaban J connectivity index is 2.50. The maximum Gasteiger partial charge on any atom is 0.326 e. The summed E-state index contributed by atoms with van der Waals surface area (Å²) in [5, 5.41) is -0.0193. The number of rotatable bonds is 3. The van der Waals surface area contributed by atoms with E-state index in [1.165, 1.54) is 16.7 Å². The van der Waals surface area contributed by atoms with Crippen LogP contribution < -0.4 is 0 Å². The molecule has 2 rings (SSSR count). The van der Waals surface area contributed by atoms with Gasteiger partial charge in [-0.05, 0) is 25.2 Å². The van der Waals surface area contributed by atoms with Gasteiger partial charge in [0.15, 0.2) is 4.77 Å². The Hall–Kier alpha value is -1.40. The Bertz CT molecular complexity index is 665. The summed E-state index contributed by atoms with van der Waals surface area (Å²) in [6.45, 7) is 1.98. The number of aromatic nitrogens is 2. The summed E-state index contributed by atoms with van der Waals surface area (Å²) < 4.78 is 20.0. The summed E-state index contributed by atoms with van der Waals surface area (Å²) in [5.41, 5.74) is 1.06. The van der Waals surface area contributed by atoms with Gasteiger partial charge < -0.3 is 14.3 Å². The predicted octanol–water partition coefficient (Wildman–Crippen LogP) is 3.05. The average molecular weight is 289 g/mol. The van der Waals surface area contributed by atoms with Gasteiger partial charge in [-0.1, -0.05) is 11.6 Å². The zero-order valence-corrected chi connectivity index (χ0v) is 11.1. The standard InChI is InChI=1S/C11H10ClFN2O2S/c1-2-17-10(16)5-15-9-3-6(12)7(13)4-8(9)14-11(15)18/h3-4H,2,5H2,1H3,(H,14,18). The minimum atomic E-state index is -0.538. The fourth-order valence-corrected chi connectivity index (χ4v) is 2.08. The van der Waals surface area contributed by atoms with E-state index in [9.17, 15) is 9.18 Å². The molecule has 0 amide bonds. The SMILES string of the molecule is CCOC(=O)Cn1c(=S)[nH]c2cc(F)c(Cl)cc21. The van der Waals surface area contributed by atoms with Crippen LogP contribution in [0.2, 0.25) is 5.02 Å². The van der Waals surface area contributed by atoms with Crippen molar-refractivity contribution < 1.29 is 13.9 Å². The highest BCUT2D eigenvalue weighted by atomic mass is 35.5. The van der Waals surface area contributed by atoms with Crippen LogP contribution in [0.4, 0.5) is 4.39 Å². The second kappa shape index (κ2) is 5.07. The lowest BCUT2D eigenvalue weighted by Crippen LogP contribution is -2.13. The quantitative estimate of drug-likeness (QED) is 0.697. The lowest BCUT2D eigenvalue weighted by atomic mass is 10.3. The molecule has 1 heterocycles. The van der Waals surface area contributed by atoms with Gasteiger partial charge in [0, 0.05) is 6.07 Å². The van der Waals surface area contributed by atoms with E-state index in [2.05, 4.69) is 4.98 Å². The highest BCUT2D eigenvalue weighted by Crippen LogP contribution is 2.22. The minimum Gasteiger partial charge on any atom is -0.465 e. The molecule has 4 nitrogen and oxygen atoms in total. The Morgan fingerprint density at radius 1 is 1.61 bits per heavy atom. The van der Waals surface area contributed by atoms with Crippen LogP contribution in [0.25, 0.3) is 11.0 Å². The van der Waals surface area contributed by atoms with Crippen LogP contribution in [0.3, 0.4) is 0 Å². The van der Waals surface area contributed by atoms with Gasteiger partial charge in [-0.15, -0.1) is 0 Å². The molecule has 0 unspecified atom stereocenters. The molecular weight excluding hydrogens is 279 g/mol. The van der Waals surface area contributed by atoms with Crippen molar-refractivity contribution in [2.75, 3.05) is 6.61 Å². The number of nitrogens with zero attached hydrogens (tertiary/aromatic N) is 1. The molecule has 0 aliphatic carbocycles. The number of H-pyrrole nitrogens is 1. The molecular formula is C11H10ClFN2O2S. The Morgan fingerprint density at radius 3 is 3.00 bits per heavy atom. The largest absolute Gasteiger partial charge is 0.465 e. The van der Waals surface area contributed by atoms with Crippen molar-refractivity contribution in [1.82, 2.24) is 9.55 Å². The molecule has 96 valence electrons. The number of benzene rings is 1. The van der Waals surface area contributed by atoms with Crippen LogP contribution in [-0.2, 0) is 16.1 Å². The molecule has 0 saturated heterocycles. The topological polar surface area (TPSA) is 47.0 Å². The normalized spacial score (nSPS) is 10.8. The van der Waals surface area contributed by atoms with E-state index in [4.69, 9.17) is 28.6 Å². The smallest absolute Gasteiger partial charge is 0.326 e. The summed E-state index contributed by atoms with van der Waals surface area (Å²) in [6.07, 6.45) is 0. The summed E-state index contributed by atoms with van der Waals surface area (Å²) in [4.78, 5) is 14.3. The number of esters is 1. The van der Waals surface area contributed by atoms with Gasteiger partial charge in [0.2, 0.25) is 0 Å². The number of hydrogen-bond donors (Lipinski definition) is 1. The Morgan fingerprint density at radius 2 is 2.33 bits per heavy atom. The van der Waals surface area contributed by atoms with Gasteiger partial charge in [0.1, 0.15) is 12.4 Å². The van der Waals surface area contributed by atoms with E-state index < -0.39 is 11.8 Å². The Labute approximate surface area is 112 Å². The molecule has 0 atom stereocenters.